The van der Waals surface area contributed by atoms with Gasteiger partial charge in [-0.05, 0) is 18.1 Å². The van der Waals surface area contributed by atoms with Gasteiger partial charge in [-0.1, -0.05) is 25.4 Å². The minimum Gasteiger partial charge on any atom is -0.394 e. The molecule has 1 atom stereocenters. The van der Waals surface area contributed by atoms with Crippen LogP contribution >= 0.6 is 11.6 Å². The summed E-state index contributed by atoms with van der Waals surface area (Å²) in [6.45, 7) is 3.38. The third-order valence-corrected chi connectivity index (χ3v) is 2.89. The van der Waals surface area contributed by atoms with Gasteiger partial charge in [-0.3, -0.25) is 4.79 Å². The fourth-order valence-corrected chi connectivity index (χ4v) is 1.60. The second-order valence-electron chi connectivity index (χ2n) is 4.25. The molecule has 0 aliphatic heterocycles. The van der Waals surface area contributed by atoms with Crippen molar-refractivity contribution in [2.75, 3.05) is 6.61 Å². The Morgan fingerprint density at radius 2 is 1.94 bits per heavy atom. The van der Waals surface area contributed by atoms with Crippen molar-refractivity contribution in [3.05, 3.63) is 34.4 Å². The molecule has 100 valence electrons. The molecule has 0 bridgehead atoms. The summed E-state index contributed by atoms with van der Waals surface area (Å²) in [5.74, 6) is -2.90. The lowest BCUT2D eigenvalue weighted by atomic mass is 10.0. The van der Waals surface area contributed by atoms with Gasteiger partial charge in [0.1, 0.15) is 0 Å². The van der Waals surface area contributed by atoms with E-state index in [1.807, 2.05) is 13.8 Å². The van der Waals surface area contributed by atoms with Crippen LogP contribution in [-0.4, -0.2) is 23.7 Å². The molecule has 1 rings (SSSR count). The van der Waals surface area contributed by atoms with E-state index in [-0.39, 0.29) is 23.1 Å². The summed E-state index contributed by atoms with van der Waals surface area (Å²) in [5, 5.41) is 11.4. The van der Waals surface area contributed by atoms with Gasteiger partial charge < -0.3 is 10.4 Å². The molecule has 0 heterocycles. The van der Waals surface area contributed by atoms with E-state index in [1.165, 1.54) is 0 Å². The molecule has 0 radical (unpaired) electrons. The summed E-state index contributed by atoms with van der Waals surface area (Å²) in [7, 11) is 0. The maximum Gasteiger partial charge on any atom is 0.253 e. The van der Waals surface area contributed by atoms with Gasteiger partial charge in [-0.2, -0.15) is 0 Å². The number of halogens is 3. The van der Waals surface area contributed by atoms with Crippen LogP contribution in [0.5, 0.6) is 0 Å². The van der Waals surface area contributed by atoms with Crippen LogP contribution in [0.3, 0.4) is 0 Å². The molecular formula is C12H14ClF2NO2. The number of aliphatic hydroxyl groups excluding tert-OH is 1. The first kappa shape index (κ1) is 14.9. The van der Waals surface area contributed by atoms with Crippen LogP contribution in [0.4, 0.5) is 8.78 Å². The fraction of sp³-hybridized carbons (Fsp3) is 0.417. The smallest absolute Gasteiger partial charge is 0.253 e. The lowest BCUT2D eigenvalue weighted by Gasteiger charge is -2.20. The van der Waals surface area contributed by atoms with Gasteiger partial charge in [-0.15, -0.1) is 0 Å². The minimum absolute atomic E-state index is 0.00280. The Morgan fingerprint density at radius 3 is 2.44 bits per heavy atom. The van der Waals surface area contributed by atoms with E-state index in [9.17, 15) is 13.6 Å². The third-order valence-electron chi connectivity index (χ3n) is 2.57. The molecule has 18 heavy (non-hydrogen) atoms. The Morgan fingerprint density at radius 1 is 1.39 bits per heavy atom. The highest BCUT2D eigenvalue weighted by Gasteiger charge is 2.19. The molecule has 0 aliphatic carbocycles. The second-order valence-corrected chi connectivity index (χ2v) is 4.66. The zero-order valence-corrected chi connectivity index (χ0v) is 10.8. The summed E-state index contributed by atoms with van der Waals surface area (Å²) in [6, 6.07) is 1.01. The molecule has 0 saturated heterocycles. The van der Waals surface area contributed by atoms with Crippen LogP contribution in [0, 0.1) is 17.6 Å². The summed E-state index contributed by atoms with van der Waals surface area (Å²) in [5.41, 5.74) is -0.158. The Kier molecular flexibility index (Phi) is 5.04. The second kappa shape index (κ2) is 6.11. The average molecular weight is 278 g/mol. The molecule has 2 N–H and O–H groups in total. The average Bonchev–Trinajstić information content (AvgIpc) is 2.29. The van der Waals surface area contributed by atoms with Crippen LogP contribution in [-0.2, 0) is 0 Å². The van der Waals surface area contributed by atoms with E-state index in [2.05, 4.69) is 5.32 Å². The first-order valence-corrected chi connectivity index (χ1v) is 5.80. The number of nitrogens with one attached hydrogen (secondary N) is 1. The van der Waals surface area contributed by atoms with Crippen molar-refractivity contribution in [1.29, 1.82) is 0 Å². The molecule has 0 spiro atoms. The van der Waals surface area contributed by atoms with Gasteiger partial charge in [0.15, 0.2) is 11.6 Å². The summed E-state index contributed by atoms with van der Waals surface area (Å²) in [4.78, 5) is 11.8. The van der Waals surface area contributed by atoms with Crippen molar-refractivity contribution in [1.82, 2.24) is 5.32 Å². The standard InChI is InChI=1S/C12H14ClF2NO2/c1-6(2)11(5-17)16-12(18)7-3-9(14)10(15)4-8(7)13/h3-4,6,11,17H,5H2,1-2H3,(H,16,18). The predicted octanol–water partition coefficient (Wildman–Crippen LogP) is 2.36. The maximum atomic E-state index is 13.0. The summed E-state index contributed by atoms with van der Waals surface area (Å²) < 4.78 is 25.9. The van der Waals surface area contributed by atoms with E-state index in [0.717, 1.165) is 12.1 Å². The van der Waals surface area contributed by atoms with Gasteiger partial charge in [0.25, 0.3) is 5.91 Å². The molecule has 0 saturated carbocycles. The quantitative estimate of drug-likeness (QED) is 0.830. The molecule has 0 aromatic heterocycles. The van der Waals surface area contributed by atoms with Gasteiger partial charge in [-0.25, -0.2) is 8.78 Å². The molecular weight excluding hydrogens is 264 g/mol. The van der Waals surface area contributed by atoms with E-state index in [0.29, 0.717) is 0 Å². The minimum atomic E-state index is -1.14. The molecule has 1 aromatic carbocycles. The van der Waals surface area contributed by atoms with E-state index >= 15 is 0 Å². The van der Waals surface area contributed by atoms with E-state index in [4.69, 9.17) is 16.7 Å². The Balaban J connectivity index is 2.94. The third kappa shape index (κ3) is 3.40. The van der Waals surface area contributed by atoms with Crippen molar-refractivity contribution in [3.63, 3.8) is 0 Å². The van der Waals surface area contributed by atoms with Crippen molar-refractivity contribution >= 4 is 17.5 Å². The zero-order valence-electron chi connectivity index (χ0n) is 10.0. The normalized spacial score (nSPS) is 12.6. The highest BCUT2D eigenvalue weighted by atomic mass is 35.5. The number of benzene rings is 1. The van der Waals surface area contributed by atoms with Crippen molar-refractivity contribution in [2.24, 2.45) is 5.92 Å². The van der Waals surface area contributed by atoms with Gasteiger partial charge >= 0.3 is 0 Å². The fourth-order valence-electron chi connectivity index (χ4n) is 1.37. The first-order chi connectivity index (χ1) is 8.36. The number of carbonyl (C=O) groups is 1. The summed E-state index contributed by atoms with van der Waals surface area (Å²) in [6.07, 6.45) is 0. The Labute approximate surface area is 109 Å². The monoisotopic (exact) mass is 277 g/mol. The highest BCUT2D eigenvalue weighted by molar-refractivity contribution is 6.33. The largest absolute Gasteiger partial charge is 0.394 e. The zero-order chi connectivity index (χ0) is 13.9. The number of hydrogen-bond acceptors (Lipinski definition) is 2. The first-order valence-electron chi connectivity index (χ1n) is 5.43. The SMILES string of the molecule is CC(C)C(CO)NC(=O)c1cc(F)c(F)cc1Cl. The molecule has 3 nitrogen and oxygen atoms in total. The molecule has 6 heteroatoms. The van der Waals surface area contributed by atoms with Crippen LogP contribution in [0.2, 0.25) is 5.02 Å². The lowest BCUT2D eigenvalue weighted by molar-refractivity contribution is 0.0896. The van der Waals surface area contributed by atoms with Crippen LogP contribution in [0.25, 0.3) is 0 Å². The predicted molar refractivity (Wildman–Crippen MR) is 64.5 cm³/mol. The number of carbonyl (C=O) groups excluding carboxylic acids is 1. The van der Waals surface area contributed by atoms with E-state index < -0.39 is 23.6 Å². The van der Waals surface area contributed by atoms with Gasteiger partial charge in [0.2, 0.25) is 0 Å². The van der Waals surface area contributed by atoms with Crippen molar-refractivity contribution < 1.29 is 18.7 Å². The van der Waals surface area contributed by atoms with Gasteiger partial charge in [0, 0.05) is 0 Å². The van der Waals surface area contributed by atoms with Crippen LogP contribution in [0.15, 0.2) is 12.1 Å². The molecule has 1 unspecified atom stereocenters. The highest BCUT2D eigenvalue weighted by Crippen LogP contribution is 2.20. The topological polar surface area (TPSA) is 49.3 Å². The Bertz CT molecular complexity index is 452. The molecule has 1 aromatic rings. The van der Waals surface area contributed by atoms with Gasteiger partial charge in [0.05, 0.1) is 23.2 Å². The number of amides is 1. The van der Waals surface area contributed by atoms with Crippen LogP contribution < -0.4 is 5.32 Å². The van der Waals surface area contributed by atoms with Crippen molar-refractivity contribution in [2.45, 2.75) is 19.9 Å². The lowest BCUT2D eigenvalue weighted by Crippen LogP contribution is -2.41. The maximum absolute atomic E-state index is 13.0. The molecule has 0 fully saturated rings. The number of rotatable bonds is 4. The van der Waals surface area contributed by atoms with E-state index in [1.54, 1.807) is 0 Å². The van der Waals surface area contributed by atoms with Crippen molar-refractivity contribution in [3.8, 4) is 0 Å². The number of aliphatic hydroxyl groups is 1. The molecule has 1 amide bonds. The Hall–Kier alpha value is -1.20. The number of hydrogen-bond donors (Lipinski definition) is 2. The van der Waals surface area contributed by atoms with Crippen LogP contribution in [0.1, 0.15) is 24.2 Å². The summed E-state index contributed by atoms with van der Waals surface area (Å²) >= 11 is 5.67. The molecule has 0 aliphatic rings.